The van der Waals surface area contributed by atoms with Crippen molar-refractivity contribution in [1.82, 2.24) is 10.0 Å². The molecule has 0 saturated heterocycles. The van der Waals surface area contributed by atoms with Crippen LogP contribution in [0.3, 0.4) is 0 Å². The number of sulfonamides is 1. The van der Waals surface area contributed by atoms with Gasteiger partial charge in [0, 0.05) is 18.6 Å². The van der Waals surface area contributed by atoms with Crippen LogP contribution >= 0.6 is 0 Å². The Hall–Kier alpha value is -1.17. The minimum atomic E-state index is -3.44. The maximum atomic E-state index is 12.1. The number of nitrogens with one attached hydrogen (secondary N) is 2. The third-order valence-electron chi connectivity index (χ3n) is 3.28. The summed E-state index contributed by atoms with van der Waals surface area (Å²) in [5, 5.41) is 3.40. The predicted molar refractivity (Wildman–Crippen MR) is 80.9 cm³/mol. The van der Waals surface area contributed by atoms with Crippen LogP contribution in [0.4, 0.5) is 0 Å². The van der Waals surface area contributed by atoms with Crippen LogP contribution in [0.2, 0.25) is 0 Å². The molecule has 1 aromatic rings. The summed E-state index contributed by atoms with van der Waals surface area (Å²) in [5.74, 6) is 0. The summed E-state index contributed by atoms with van der Waals surface area (Å²) in [5.41, 5.74) is 1.11. The first-order valence-electron chi connectivity index (χ1n) is 6.97. The second-order valence-electron chi connectivity index (χ2n) is 5.35. The van der Waals surface area contributed by atoms with Crippen LogP contribution in [0.25, 0.3) is 0 Å². The Bertz CT molecular complexity index is 548. The minimum Gasteiger partial charge on any atom is -0.310 e. The van der Waals surface area contributed by atoms with Gasteiger partial charge in [-0.1, -0.05) is 18.2 Å². The first-order valence-corrected chi connectivity index (χ1v) is 8.45. The van der Waals surface area contributed by atoms with E-state index in [4.69, 9.17) is 0 Å². The highest BCUT2D eigenvalue weighted by atomic mass is 32.2. The smallest absolute Gasteiger partial charge is 0.240 e. The van der Waals surface area contributed by atoms with E-state index in [2.05, 4.69) is 16.6 Å². The Balaban J connectivity index is 1.97. The molecule has 0 aliphatic heterocycles. The molecule has 1 fully saturated rings. The van der Waals surface area contributed by atoms with E-state index < -0.39 is 10.0 Å². The molecule has 0 spiro atoms. The number of rotatable bonds is 8. The molecule has 2 N–H and O–H groups in total. The average molecular weight is 294 g/mol. The summed E-state index contributed by atoms with van der Waals surface area (Å²) >= 11 is 0. The van der Waals surface area contributed by atoms with Crippen LogP contribution in [0, 0.1) is 0 Å². The van der Waals surface area contributed by atoms with Crippen LogP contribution in [-0.2, 0) is 16.6 Å². The van der Waals surface area contributed by atoms with E-state index in [-0.39, 0.29) is 6.04 Å². The lowest BCUT2D eigenvalue weighted by atomic mass is 10.2. The van der Waals surface area contributed by atoms with Gasteiger partial charge in [-0.05, 0) is 43.9 Å². The van der Waals surface area contributed by atoms with E-state index in [0.717, 1.165) is 12.1 Å². The summed E-state index contributed by atoms with van der Waals surface area (Å²) in [6, 6.07) is 7.55. The highest BCUT2D eigenvalue weighted by molar-refractivity contribution is 7.89. The highest BCUT2D eigenvalue weighted by Crippen LogP contribution is 2.19. The van der Waals surface area contributed by atoms with Crippen molar-refractivity contribution >= 4 is 10.0 Å². The maximum absolute atomic E-state index is 12.1. The molecule has 1 aliphatic carbocycles. The van der Waals surface area contributed by atoms with Crippen LogP contribution < -0.4 is 10.0 Å². The Morgan fingerprint density at radius 2 is 2.00 bits per heavy atom. The fraction of sp³-hybridized carbons (Fsp3) is 0.467. The van der Waals surface area contributed by atoms with Gasteiger partial charge in [-0.3, -0.25) is 0 Å². The van der Waals surface area contributed by atoms with Gasteiger partial charge in [0.25, 0.3) is 0 Å². The van der Waals surface area contributed by atoms with Gasteiger partial charge in [-0.2, -0.15) is 0 Å². The van der Waals surface area contributed by atoms with Gasteiger partial charge in [0.05, 0.1) is 4.90 Å². The molecule has 1 atom stereocenters. The van der Waals surface area contributed by atoms with E-state index in [1.807, 2.05) is 19.1 Å². The molecule has 0 aromatic heterocycles. The van der Waals surface area contributed by atoms with E-state index in [9.17, 15) is 8.42 Å². The molecular weight excluding hydrogens is 272 g/mol. The first kappa shape index (κ1) is 15.2. The number of hydrogen-bond donors (Lipinski definition) is 2. The SMILES string of the molecule is C=CCC(C)NS(=O)(=O)c1ccc(CNC2CC2)cc1. The number of benzene rings is 1. The van der Waals surface area contributed by atoms with Gasteiger partial charge >= 0.3 is 0 Å². The maximum Gasteiger partial charge on any atom is 0.240 e. The lowest BCUT2D eigenvalue weighted by molar-refractivity contribution is 0.562. The molecule has 5 heteroatoms. The minimum absolute atomic E-state index is 0.145. The Morgan fingerprint density at radius 1 is 1.35 bits per heavy atom. The van der Waals surface area contributed by atoms with Crippen molar-refractivity contribution < 1.29 is 8.42 Å². The Labute approximate surface area is 121 Å². The quantitative estimate of drug-likeness (QED) is 0.723. The van der Waals surface area contributed by atoms with Crippen molar-refractivity contribution in [2.24, 2.45) is 0 Å². The summed E-state index contributed by atoms with van der Waals surface area (Å²) in [4.78, 5) is 0.309. The first-order chi connectivity index (χ1) is 9.51. The predicted octanol–water partition coefficient (Wildman–Crippen LogP) is 2.18. The summed E-state index contributed by atoms with van der Waals surface area (Å²) < 4.78 is 26.9. The van der Waals surface area contributed by atoms with E-state index in [1.54, 1.807) is 18.2 Å². The second kappa shape index (κ2) is 6.52. The average Bonchev–Trinajstić information content (AvgIpc) is 3.20. The Morgan fingerprint density at radius 3 is 2.55 bits per heavy atom. The van der Waals surface area contributed by atoms with Crippen LogP contribution in [0.5, 0.6) is 0 Å². The van der Waals surface area contributed by atoms with Crippen molar-refractivity contribution in [3.05, 3.63) is 42.5 Å². The zero-order valence-corrected chi connectivity index (χ0v) is 12.6. The molecule has 1 aliphatic rings. The van der Waals surface area contributed by atoms with Crippen molar-refractivity contribution in [1.29, 1.82) is 0 Å². The largest absolute Gasteiger partial charge is 0.310 e. The van der Waals surface area contributed by atoms with Gasteiger partial charge in [0.2, 0.25) is 10.0 Å². The zero-order valence-electron chi connectivity index (χ0n) is 11.8. The molecule has 1 aromatic carbocycles. The van der Waals surface area contributed by atoms with Crippen LogP contribution in [-0.4, -0.2) is 20.5 Å². The summed E-state index contributed by atoms with van der Waals surface area (Å²) in [6.45, 7) is 6.24. The Kier molecular flexibility index (Phi) is 4.96. The van der Waals surface area contributed by atoms with Crippen molar-refractivity contribution in [3.63, 3.8) is 0 Å². The van der Waals surface area contributed by atoms with E-state index in [1.165, 1.54) is 12.8 Å². The van der Waals surface area contributed by atoms with Gasteiger partial charge in [-0.25, -0.2) is 13.1 Å². The molecule has 4 nitrogen and oxygen atoms in total. The highest BCUT2D eigenvalue weighted by Gasteiger charge is 2.20. The number of hydrogen-bond acceptors (Lipinski definition) is 3. The fourth-order valence-electron chi connectivity index (χ4n) is 1.97. The van der Waals surface area contributed by atoms with E-state index >= 15 is 0 Å². The van der Waals surface area contributed by atoms with Crippen LogP contribution in [0.15, 0.2) is 41.8 Å². The lowest BCUT2D eigenvalue weighted by Crippen LogP contribution is -2.32. The lowest BCUT2D eigenvalue weighted by Gasteiger charge is -2.12. The summed E-state index contributed by atoms with van der Waals surface area (Å²) in [6.07, 6.45) is 4.82. The third-order valence-corrected chi connectivity index (χ3v) is 4.89. The van der Waals surface area contributed by atoms with Gasteiger partial charge in [0.1, 0.15) is 0 Å². The van der Waals surface area contributed by atoms with E-state index in [0.29, 0.717) is 17.4 Å². The molecule has 1 unspecified atom stereocenters. The molecular formula is C15H22N2O2S. The van der Waals surface area contributed by atoms with Crippen molar-refractivity contribution in [3.8, 4) is 0 Å². The van der Waals surface area contributed by atoms with Gasteiger partial charge < -0.3 is 5.32 Å². The molecule has 0 bridgehead atoms. The second-order valence-corrected chi connectivity index (χ2v) is 7.06. The third kappa shape index (κ3) is 4.44. The van der Waals surface area contributed by atoms with Crippen molar-refractivity contribution in [2.75, 3.05) is 0 Å². The molecule has 0 amide bonds. The van der Waals surface area contributed by atoms with Crippen molar-refractivity contribution in [2.45, 2.75) is 49.7 Å². The standard InChI is InChI=1S/C15H22N2O2S/c1-3-4-12(2)17-20(18,19)15-9-5-13(6-10-15)11-16-14-7-8-14/h3,5-6,9-10,12,14,16-17H,1,4,7-8,11H2,2H3. The normalized spacial score (nSPS) is 16.9. The van der Waals surface area contributed by atoms with Gasteiger partial charge in [-0.15, -0.1) is 6.58 Å². The van der Waals surface area contributed by atoms with Crippen LogP contribution in [0.1, 0.15) is 31.7 Å². The molecule has 110 valence electrons. The van der Waals surface area contributed by atoms with Gasteiger partial charge in [0.15, 0.2) is 0 Å². The zero-order chi connectivity index (χ0) is 14.6. The summed E-state index contributed by atoms with van der Waals surface area (Å²) in [7, 11) is -3.44. The fourth-order valence-corrected chi connectivity index (χ4v) is 3.22. The molecule has 2 rings (SSSR count). The molecule has 1 saturated carbocycles. The molecule has 0 heterocycles. The molecule has 20 heavy (non-hydrogen) atoms. The molecule has 0 radical (unpaired) electrons. The topological polar surface area (TPSA) is 58.2 Å². The monoisotopic (exact) mass is 294 g/mol.